The number of likely N-dealkylation sites (N-methyl/N-ethyl adjacent to an activating group) is 1. The maximum atomic E-state index is 13.5. The predicted molar refractivity (Wildman–Crippen MR) is 111 cm³/mol. The van der Waals surface area contributed by atoms with Crippen molar-refractivity contribution in [1.82, 2.24) is 13.8 Å². The highest BCUT2D eigenvalue weighted by atomic mass is 32.2. The van der Waals surface area contributed by atoms with E-state index in [0.29, 0.717) is 42.8 Å². The SMILES string of the molecule is COc1ccc2c(c1)cc(C(=O)N1CCN(C)CC1)n2S(=O)(=O)c1ccc(F)cc1. The third-order valence-electron chi connectivity index (χ3n) is 5.33. The maximum absolute atomic E-state index is 13.5. The molecule has 0 bridgehead atoms. The number of benzene rings is 2. The first-order valence-corrected chi connectivity index (χ1v) is 10.9. The molecule has 7 nitrogen and oxygen atoms in total. The highest BCUT2D eigenvalue weighted by Crippen LogP contribution is 2.29. The molecule has 1 aliphatic heterocycles. The van der Waals surface area contributed by atoms with Gasteiger partial charge in [-0.1, -0.05) is 0 Å². The summed E-state index contributed by atoms with van der Waals surface area (Å²) in [4.78, 5) is 17.0. The average molecular weight is 431 g/mol. The van der Waals surface area contributed by atoms with E-state index in [9.17, 15) is 17.6 Å². The molecule has 1 saturated heterocycles. The third kappa shape index (κ3) is 3.54. The Labute approximate surface area is 174 Å². The Kier molecular flexibility index (Phi) is 5.25. The number of ether oxygens (including phenoxy) is 1. The normalized spacial score (nSPS) is 15.5. The van der Waals surface area contributed by atoms with Crippen LogP contribution in [0.15, 0.2) is 53.4 Å². The molecule has 9 heteroatoms. The number of fused-ring (bicyclic) bond motifs is 1. The van der Waals surface area contributed by atoms with Gasteiger partial charge in [0, 0.05) is 31.6 Å². The Hall–Kier alpha value is -2.91. The molecule has 1 fully saturated rings. The second-order valence-corrected chi connectivity index (χ2v) is 9.06. The molecule has 30 heavy (non-hydrogen) atoms. The fourth-order valence-corrected chi connectivity index (χ4v) is 5.09. The van der Waals surface area contributed by atoms with Gasteiger partial charge < -0.3 is 14.5 Å². The molecule has 0 atom stereocenters. The minimum absolute atomic E-state index is 0.0483. The number of rotatable bonds is 4. The van der Waals surface area contributed by atoms with Crippen LogP contribution in [0.25, 0.3) is 10.9 Å². The summed E-state index contributed by atoms with van der Waals surface area (Å²) in [5.74, 6) is -0.342. The van der Waals surface area contributed by atoms with Crippen LogP contribution < -0.4 is 4.74 Å². The van der Waals surface area contributed by atoms with Gasteiger partial charge in [-0.05, 0) is 55.6 Å². The first-order valence-electron chi connectivity index (χ1n) is 9.50. The van der Waals surface area contributed by atoms with E-state index < -0.39 is 15.8 Å². The lowest BCUT2D eigenvalue weighted by Gasteiger charge is -2.32. The number of amides is 1. The summed E-state index contributed by atoms with van der Waals surface area (Å²) in [5.41, 5.74) is 0.407. The quantitative estimate of drug-likeness (QED) is 0.635. The molecule has 1 aliphatic rings. The molecular weight excluding hydrogens is 409 g/mol. The number of nitrogens with zero attached hydrogens (tertiary/aromatic N) is 3. The minimum Gasteiger partial charge on any atom is -0.497 e. The number of hydrogen-bond acceptors (Lipinski definition) is 5. The standard InChI is InChI=1S/C21H22FN3O4S/c1-23-9-11-24(12-10-23)21(26)20-14-15-13-17(29-2)5-8-19(15)25(20)30(27,28)18-6-3-16(22)4-7-18/h3-8,13-14H,9-12H2,1-2H3. The van der Waals surface area contributed by atoms with Crippen LogP contribution in [0.5, 0.6) is 5.75 Å². The minimum atomic E-state index is -4.13. The van der Waals surface area contributed by atoms with E-state index in [1.807, 2.05) is 7.05 Å². The van der Waals surface area contributed by atoms with Gasteiger partial charge in [0.05, 0.1) is 17.5 Å². The molecule has 0 saturated carbocycles. The molecule has 1 aromatic heterocycles. The van der Waals surface area contributed by atoms with Gasteiger partial charge in [-0.3, -0.25) is 4.79 Å². The summed E-state index contributed by atoms with van der Waals surface area (Å²) < 4.78 is 46.6. The Morgan fingerprint density at radius 2 is 1.67 bits per heavy atom. The van der Waals surface area contributed by atoms with E-state index in [2.05, 4.69) is 4.90 Å². The number of methoxy groups -OCH3 is 1. The average Bonchev–Trinajstić information content (AvgIpc) is 3.13. The smallest absolute Gasteiger partial charge is 0.271 e. The summed E-state index contributed by atoms with van der Waals surface area (Å²) in [6.07, 6.45) is 0. The van der Waals surface area contributed by atoms with Gasteiger partial charge in [-0.15, -0.1) is 0 Å². The fourth-order valence-electron chi connectivity index (χ4n) is 3.59. The summed E-state index contributed by atoms with van der Waals surface area (Å²) in [5, 5.41) is 0.567. The van der Waals surface area contributed by atoms with E-state index in [-0.39, 0.29) is 16.5 Å². The van der Waals surface area contributed by atoms with Crippen LogP contribution in [0, 0.1) is 5.82 Å². The Morgan fingerprint density at radius 1 is 1.00 bits per heavy atom. The highest BCUT2D eigenvalue weighted by molar-refractivity contribution is 7.90. The van der Waals surface area contributed by atoms with Crippen molar-refractivity contribution in [2.45, 2.75) is 4.90 Å². The molecule has 0 unspecified atom stereocenters. The van der Waals surface area contributed by atoms with Gasteiger partial charge in [-0.2, -0.15) is 0 Å². The third-order valence-corrected chi connectivity index (χ3v) is 7.07. The molecule has 0 radical (unpaired) electrons. The summed E-state index contributed by atoms with van der Waals surface area (Å²) >= 11 is 0. The number of piperazine rings is 1. The van der Waals surface area contributed by atoms with Crippen molar-refractivity contribution in [1.29, 1.82) is 0 Å². The zero-order valence-corrected chi connectivity index (χ0v) is 17.5. The van der Waals surface area contributed by atoms with Gasteiger partial charge in [0.2, 0.25) is 0 Å². The molecule has 2 aromatic carbocycles. The van der Waals surface area contributed by atoms with Crippen molar-refractivity contribution >= 4 is 26.8 Å². The van der Waals surface area contributed by atoms with Crippen LogP contribution in [0.2, 0.25) is 0 Å². The van der Waals surface area contributed by atoms with E-state index in [0.717, 1.165) is 16.1 Å². The monoisotopic (exact) mass is 431 g/mol. The van der Waals surface area contributed by atoms with Crippen LogP contribution >= 0.6 is 0 Å². The predicted octanol–water partition coefficient (Wildman–Crippen LogP) is 2.41. The van der Waals surface area contributed by atoms with E-state index >= 15 is 0 Å². The lowest BCUT2D eigenvalue weighted by atomic mass is 10.2. The molecule has 3 aromatic rings. The zero-order valence-electron chi connectivity index (χ0n) is 16.7. The van der Waals surface area contributed by atoms with Crippen LogP contribution in [0.4, 0.5) is 4.39 Å². The largest absolute Gasteiger partial charge is 0.497 e. The van der Waals surface area contributed by atoms with Crippen LogP contribution in [0.3, 0.4) is 0 Å². The Balaban J connectivity index is 1.89. The van der Waals surface area contributed by atoms with E-state index in [4.69, 9.17) is 4.74 Å². The lowest BCUT2D eigenvalue weighted by molar-refractivity contribution is 0.0657. The number of hydrogen-bond donors (Lipinski definition) is 0. The number of carbonyl (C=O) groups is 1. The van der Waals surface area contributed by atoms with Gasteiger partial charge >= 0.3 is 0 Å². The van der Waals surface area contributed by atoms with Crippen LogP contribution in [-0.2, 0) is 10.0 Å². The van der Waals surface area contributed by atoms with Crippen molar-refractivity contribution < 1.29 is 22.3 Å². The molecule has 0 N–H and O–H groups in total. The molecular formula is C21H22FN3O4S. The number of halogens is 1. The van der Waals surface area contributed by atoms with Crippen LogP contribution in [-0.4, -0.2) is 68.4 Å². The van der Waals surface area contributed by atoms with Crippen molar-refractivity contribution in [2.24, 2.45) is 0 Å². The molecule has 158 valence electrons. The second kappa shape index (κ2) is 7.73. The van der Waals surface area contributed by atoms with Crippen LogP contribution in [0.1, 0.15) is 10.5 Å². The molecule has 1 amide bonds. The fraction of sp³-hybridized carbons (Fsp3) is 0.286. The first-order chi connectivity index (χ1) is 14.3. The lowest BCUT2D eigenvalue weighted by Crippen LogP contribution is -2.47. The van der Waals surface area contributed by atoms with E-state index in [1.165, 1.54) is 19.2 Å². The number of aromatic nitrogens is 1. The van der Waals surface area contributed by atoms with Gasteiger partial charge in [-0.25, -0.2) is 16.8 Å². The topological polar surface area (TPSA) is 71.8 Å². The summed E-state index contributed by atoms with van der Waals surface area (Å²) in [7, 11) is -0.639. The molecule has 0 spiro atoms. The Morgan fingerprint density at radius 3 is 2.30 bits per heavy atom. The zero-order chi connectivity index (χ0) is 21.5. The maximum Gasteiger partial charge on any atom is 0.271 e. The van der Waals surface area contributed by atoms with Crippen molar-refractivity contribution in [3.05, 3.63) is 60.0 Å². The van der Waals surface area contributed by atoms with Crippen molar-refractivity contribution in [3.63, 3.8) is 0 Å². The molecule has 2 heterocycles. The second-order valence-electron chi connectivity index (χ2n) is 7.27. The Bertz CT molecular complexity index is 1200. The van der Waals surface area contributed by atoms with Crippen molar-refractivity contribution in [3.8, 4) is 5.75 Å². The summed E-state index contributed by atoms with van der Waals surface area (Å²) in [6.45, 7) is 2.45. The molecule has 0 aliphatic carbocycles. The molecule has 4 rings (SSSR count). The number of carbonyl (C=O) groups excluding carboxylic acids is 1. The van der Waals surface area contributed by atoms with Crippen molar-refractivity contribution in [2.75, 3.05) is 40.3 Å². The highest BCUT2D eigenvalue weighted by Gasteiger charge is 2.30. The summed E-state index contributed by atoms with van der Waals surface area (Å²) in [6, 6.07) is 11.1. The van der Waals surface area contributed by atoms with E-state index in [1.54, 1.807) is 29.2 Å². The van der Waals surface area contributed by atoms with Gasteiger partial charge in [0.1, 0.15) is 17.3 Å². The van der Waals surface area contributed by atoms with Gasteiger partial charge in [0.15, 0.2) is 0 Å². The first kappa shape index (κ1) is 20.4. The van der Waals surface area contributed by atoms with Gasteiger partial charge in [0.25, 0.3) is 15.9 Å².